The minimum atomic E-state index is -0.325. The molecule has 0 atom stereocenters. The molecule has 20 heavy (non-hydrogen) atoms. The summed E-state index contributed by atoms with van der Waals surface area (Å²) >= 11 is 1.59. The van der Waals surface area contributed by atoms with Crippen LogP contribution in [-0.2, 0) is 0 Å². The number of benzene rings is 2. The molecule has 0 fully saturated rings. The predicted molar refractivity (Wildman–Crippen MR) is 83.2 cm³/mol. The fourth-order valence-corrected chi connectivity index (χ4v) is 2.94. The van der Waals surface area contributed by atoms with Crippen molar-refractivity contribution in [2.45, 2.75) is 6.92 Å². The maximum absolute atomic E-state index is 13.6. The third-order valence-corrected chi connectivity index (χ3v) is 4.24. The lowest BCUT2D eigenvalue weighted by Crippen LogP contribution is -2.12. The molecule has 0 amide bonds. The van der Waals surface area contributed by atoms with Gasteiger partial charge in [0.25, 0.3) is 0 Å². The highest BCUT2D eigenvalue weighted by Crippen LogP contribution is 2.33. The van der Waals surface area contributed by atoms with Gasteiger partial charge in [0.2, 0.25) is 0 Å². The largest absolute Gasteiger partial charge is 0.398 e. The third kappa shape index (κ3) is 2.10. The van der Waals surface area contributed by atoms with Crippen molar-refractivity contribution in [3.05, 3.63) is 47.2 Å². The van der Waals surface area contributed by atoms with Crippen LogP contribution in [-0.4, -0.2) is 12.0 Å². The van der Waals surface area contributed by atoms with Crippen LogP contribution in [0.1, 0.15) is 5.56 Å². The van der Waals surface area contributed by atoms with Crippen molar-refractivity contribution in [3.63, 3.8) is 0 Å². The molecular weight excluding hydrogens is 273 g/mol. The zero-order valence-electron chi connectivity index (χ0n) is 11.2. The van der Waals surface area contributed by atoms with Crippen LogP contribution >= 0.6 is 11.3 Å². The van der Waals surface area contributed by atoms with Crippen LogP contribution in [0.2, 0.25) is 0 Å². The van der Waals surface area contributed by atoms with Gasteiger partial charge in [-0.25, -0.2) is 9.37 Å². The predicted octanol–water partition coefficient (Wildman–Crippen LogP) is 4.09. The number of thiazole rings is 1. The molecule has 102 valence electrons. The summed E-state index contributed by atoms with van der Waals surface area (Å²) in [6, 6.07) is 8.84. The molecule has 3 nitrogen and oxygen atoms in total. The van der Waals surface area contributed by atoms with Gasteiger partial charge in [-0.2, -0.15) is 0 Å². The van der Waals surface area contributed by atoms with Crippen LogP contribution in [0.15, 0.2) is 35.8 Å². The SMILES string of the molecule is Cc1c(N)cc(F)cc1N(C)c1ccc2ncsc2c1. The number of aromatic nitrogens is 1. The van der Waals surface area contributed by atoms with Gasteiger partial charge in [0.15, 0.2) is 0 Å². The normalized spacial score (nSPS) is 10.9. The fourth-order valence-electron chi connectivity index (χ4n) is 2.23. The minimum Gasteiger partial charge on any atom is -0.398 e. The van der Waals surface area contributed by atoms with Gasteiger partial charge in [0.05, 0.1) is 15.7 Å². The van der Waals surface area contributed by atoms with Crippen molar-refractivity contribution >= 4 is 38.6 Å². The molecule has 0 radical (unpaired) electrons. The quantitative estimate of drug-likeness (QED) is 0.722. The average Bonchev–Trinajstić information content (AvgIpc) is 2.89. The maximum atomic E-state index is 13.6. The number of halogens is 1. The summed E-state index contributed by atoms with van der Waals surface area (Å²) in [5.74, 6) is -0.325. The van der Waals surface area contributed by atoms with Crippen LogP contribution in [0.4, 0.5) is 21.5 Å². The Hall–Kier alpha value is -2.14. The van der Waals surface area contributed by atoms with Crippen molar-refractivity contribution < 1.29 is 4.39 Å². The van der Waals surface area contributed by atoms with Crippen LogP contribution in [0.5, 0.6) is 0 Å². The Bertz CT molecular complexity index is 782. The summed E-state index contributed by atoms with van der Waals surface area (Å²) in [5.41, 5.74) is 11.7. The highest BCUT2D eigenvalue weighted by molar-refractivity contribution is 7.16. The number of rotatable bonds is 2. The number of hydrogen-bond acceptors (Lipinski definition) is 4. The summed E-state index contributed by atoms with van der Waals surface area (Å²) in [6.07, 6.45) is 0. The van der Waals surface area contributed by atoms with E-state index in [-0.39, 0.29) is 5.82 Å². The number of hydrogen-bond donors (Lipinski definition) is 1. The molecule has 0 saturated heterocycles. The van der Waals surface area contributed by atoms with Gasteiger partial charge in [-0.1, -0.05) is 0 Å². The zero-order valence-corrected chi connectivity index (χ0v) is 12.0. The summed E-state index contributed by atoms with van der Waals surface area (Å²) < 4.78 is 14.7. The van der Waals surface area contributed by atoms with E-state index in [1.54, 1.807) is 11.3 Å². The van der Waals surface area contributed by atoms with Crippen molar-refractivity contribution in [1.82, 2.24) is 4.98 Å². The van der Waals surface area contributed by atoms with Crippen LogP contribution in [0.3, 0.4) is 0 Å². The first-order valence-electron chi connectivity index (χ1n) is 6.19. The first kappa shape index (κ1) is 12.9. The second-order valence-electron chi connectivity index (χ2n) is 4.70. The second kappa shape index (κ2) is 4.76. The van der Waals surface area contributed by atoms with E-state index in [9.17, 15) is 4.39 Å². The molecule has 1 heterocycles. The summed E-state index contributed by atoms with van der Waals surface area (Å²) in [6.45, 7) is 1.89. The Kier molecular flexibility index (Phi) is 3.06. The Labute approximate surface area is 120 Å². The lowest BCUT2D eigenvalue weighted by atomic mass is 10.1. The number of nitrogen functional groups attached to an aromatic ring is 1. The van der Waals surface area contributed by atoms with Crippen LogP contribution < -0.4 is 10.6 Å². The lowest BCUT2D eigenvalue weighted by molar-refractivity contribution is 0.628. The van der Waals surface area contributed by atoms with Gasteiger partial charge in [0.1, 0.15) is 5.82 Å². The number of nitrogens with zero attached hydrogens (tertiary/aromatic N) is 2. The molecule has 0 unspecified atom stereocenters. The Balaban J connectivity index is 2.09. The summed E-state index contributed by atoms with van der Waals surface area (Å²) in [5, 5.41) is 0. The van der Waals surface area contributed by atoms with E-state index < -0.39 is 0 Å². The standard InChI is InChI=1S/C15H14FN3S/c1-9-12(17)5-10(16)6-14(9)19(2)11-3-4-13-15(7-11)20-8-18-13/h3-8H,17H2,1-2H3. The highest BCUT2D eigenvalue weighted by Gasteiger charge is 2.12. The Morgan fingerprint density at radius 1 is 1.25 bits per heavy atom. The summed E-state index contributed by atoms with van der Waals surface area (Å²) in [4.78, 5) is 6.20. The molecule has 0 spiro atoms. The lowest BCUT2D eigenvalue weighted by Gasteiger charge is -2.22. The molecule has 0 saturated carbocycles. The van der Waals surface area contributed by atoms with Crippen molar-refractivity contribution in [2.24, 2.45) is 0 Å². The van der Waals surface area contributed by atoms with E-state index >= 15 is 0 Å². The van der Waals surface area contributed by atoms with Gasteiger partial charge >= 0.3 is 0 Å². The van der Waals surface area contributed by atoms with E-state index in [1.165, 1.54) is 12.1 Å². The van der Waals surface area contributed by atoms with Crippen LogP contribution in [0.25, 0.3) is 10.2 Å². The van der Waals surface area contributed by atoms with Gasteiger partial charge in [0, 0.05) is 24.1 Å². The fraction of sp³-hybridized carbons (Fsp3) is 0.133. The van der Waals surface area contributed by atoms with Gasteiger partial charge in [-0.05, 0) is 42.8 Å². The maximum Gasteiger partial charge on any atom is 0.127 e. The Morgan fingerprint density at radius 2 is 2.05 bits per heavy atom. The molecule has 5 heteroatoms. The molecule has 1 aromatic heterocycles. The van der Waals surface area contributed by atoms with Crippen molar-refractivity contribution in [2.75, 3.05) is 17.7 Å². The van der Waals surface area contributed by atoms with Crippen LogP contribution in [0, 0.1) is 12.7 Å². The topological polar surface area (TPSA) is 42.1 Å². The molecule has 0 aliphatic heterocycles. The average molecular weight is 287 g/mol. The molecule has 0 aliphatic rings. The first-order valence-corrected chi connectivity index (χ1v) is 7.07. The molecule has 3 rings (SSSR count). The van der Waals surface area contributed by atoms with Gasteiger partial charge in [-0.3, -0.25) is 0 Å². The monoisotopic (exact) mass is 287 g/mol. The van der Waals surface area contributed by atoms with Gasteiger partial charge < -0.3 is 10.6 Å². The number of fused-ring (bicyclic) bond motifs is 1. The first-order chi connectivity index (χ1) is 9.56. The van der Waals surface area contributed by atoms with E-state index in [0.29, 0.717) is 5.69 Å². The number of nitrogens with two attached hydrogens (primary N) is 1. The van der Waals surface area contributed by atoms with Crippen molar-refractivity contribution in [3.8, 4) is 0 Å². The molecule has 2 aromatic carbocycles. The van der Waals surface area contributed by atoms with Gasteiger partial charge in [-0.15, -0.1) is 11.3 Å². The molecule has 2 N–H and O–H groups in total. The minimum absolute atomic E-state index is 0.325. The zero-order chi connectivity index (χ0) is 14.3. The van der Waals surface area contributed by atoms with E-state index in [1.807, 2.05) is 42.6 Å². The third-order valence-electron chi connectivity index (χ3n) is 3.45. The second-order valence-corrected chi connectivity index (χ2v) is 5.59. The summed E-state index contributed by atoms with van der Waals surface area (Å²) in [7, 11) is 1.91. The molecule has 0 bridgehead atoms. The van der Waals surface area contributed by atoms with E-state index in [0.717, 1.165) is 27.2 Å². The molecule has 0 aliphatic carbocycles. The van der Waals surface area contributed by atoms with E-state index in [4.69, 9.17) is 5.73 Å². The smallest absolute Gasteiger partial charge is 0.127 e. The van der Waals surface area contributed by atoms with Crippen molar-refractivity contribution in [1.29, 1.82) is 0 Å². The molecule has 3 aromatic rings. The molecular formula is C15H14FN3S. The number of anilines is 3. The van der Waals surface area contributed by atoms with E-state index in [2.05, 4.69) is 4.98 Å². The Morgan fingerprint density at radius 3 is 2.85 bits per heavy atom. The highest BCUT2D eigenvalue weighted by atomic mass is 32.1.